The van der Waals surface area contributed by atoms with E-state index in [1.165, 1.54) is 47.7 Å². The second-order valence-corrected chi connectivity index (χ2v) is 8.78. The first-order valence-corrected chi connectivity index (χ1v) is 9.36. The minimum absolute atomic E-state index is 0.158. The molecule has 0 spiro atoms. The predicted molar refractivity (Wildman–Crippen MR) is 93.1 cm³/mol. The number of nitrogens with zero attached hydrogens (tertiary/aromatic N) is 1. The van der Waals surface area contributed by atoms with Crippen LogP contribution in [0.1, 0.15) is 88.3 Å². The van der Waals surface area contributed by atoms with Crippen molar-refractivity contribution in [3.63, 3.8) is 0 Å². The molecule has 1 saturated carbocycles. The van der Waals surface area contributed by atoms with Crippen LogP contribution in [-0.4, -0.2) is 11.0 Å². The van der Waals surface area contributed by atoms with Crippen LogP contribution in [-0.2, 0) is 5.41 Å². The summed E-state index contributed by atoms with van der Waals surface area (Å²) in [5, 5.41) is 5.14. The predicted octanol–water partition coefficient (Wildman–Crippen LogP) is 5.37. The highest BCUT2D eigenvalue weighted by atomic mass is 32.1. The van der Waals surface area contributed by atoms with Gasteiger partial charge in [0.05, 0.1) is 10.7 Å². The molecular weight excluding hydrogens is 276 g/mol. The minimum atomic E-state index is 0.158. The lowest BCUT2D eigenvalue weighted by atomic mass is 9.84. The Morgan fingerprint density at radius 1 is 1.33 bits per heavy atom. The standard InChI is InChI=1S/C18H32N2S/c1-7-14-9-8-10-15(11-14)19-12(2)16-13(3)20-17(21-16)18(4,5)6/h12,14-15,19H,7-11H2,1-6H3. The van der Waals surface area contributed by atoms with Gasteiger partial charge >= 0.3 is 0 Å². The van der Waals surface area contributed by atoms with Gasteiger partial charge in [-0.15, -0.1) is 11.3 Å². The van der Waals surface area contributed by atoms with Gasteiger partial charge in [0.2, 0.25) is 0 Å². The molecule has 1 heterocycles. The summed E-state index contributed by atoms with van der Waals surface area (Å²) in [7, 11) is 0. The van der Waals surface area contributed by atoms with E-state index in [9.17, 15) is 0 Å². The molecule has 0 saturated heterocycles. The van der Waals surface area contributed by atoms with Crippen LogP contribution in [0.4, 0.5) is 0 Å². The second kappa shape index (κ2) is 6.78. The van der Waals surface area contributed by atoms with Crippen LogP contribution in [0.15, 0.2) is 0 Å². The van der Waals surface area contributed by atoms with Gasteiger partial charge in [0.15, 0.2) is 0 Å². The first-order chi connectivity index (χ1) is 9.81. The van der Waals surface area contributed by atoms with E-state index in [0.717, 1.165) is 5.92 Å². The summed E-state index contributed by atoms with van der Waals surface area (Å²) in [6.45, 7) is 13.6. The van der Waals surface area contributed by atoms with E-state index < -0.39 is 0 Å². The van der Waals surface area contributed by atoms with Crippen molar-refractivity contribution >= 4 is 11.3 Å². The van der Waals surface area contributed by atoms with Gasteiger partial charge in [-0.3, -0.25) is 0 Å². The Kier molecular flexibility index (Phi) is 5.48. The summed E-state index contributed by atoms with van der Waals surface area (Å²) in [5.74, 6) is 0.927. The van der Waals surface area contributed by atoms with Crippen molar-refractivity contribution in [2.75, 3.05) is 0 Å². The SMILES string of the molecule is CCC1CCCC(NC(C)c2sc(C(C)(C)C)nc2C)C1. The van der Waals surface area contributed by atoms with E-state index in [1.807, 2.05) is 11.3 Å². The van der Waals surface area contributed by atoms with Crippen LogP contribution in [0.3, 0.4) is 0 Å². The Bertz CT molecular complexity index is 458. The molecule has 0 aliphatic heterocycles. The zero-order valence-corrected chi connectivity index (χ0v) is 15.4. The van der Waals surface area contributed by atoms with Crippen molar-refractivity contribution in [2.24, 2.45) is 5.92 Å². The summed E-state index contributed by atoms with van der Waals surface area (Å²) in [6.07, 6.45) is 6.84. The maximum atomic E-state index is 4.81. The largest absolute Gasteiger partial charge is 0.307 e. The Hall–Kier alpha value is -0.410. The molecule has 0 aromatic carbocycles. The van der Waals surface area contributed by atoms with Gasteiger partial charge in [-0.1, -0.05) is 47.0 Å². The fourth-order valence-corrected chi connectivity index (χ4v) is 4.51. The molecule has 1 aromatic heterocycles. The zero-order valence-electron chi connectivity index (χ0n) is 14.6. The number of aryl methyl sites for hydroxylation is 1. The molecular formula is C18H32N2S. The molecule has 0 bridgehead atoms. The van der Waals surface area contributed by atoms with Gasteiger partial charge in [0.1, 0.15) is 0 Å². The lowest BCUT2D eigenvalue weighted by Gasteiger charge is -2.31. The van der Waals surface area contributed by atoms with Gasteiger partial charge in [-0.25, -0.2) is 4.98 Å². The number of hydrogen-bond donors (Lipinski definition) is 1. The van der Waals surface area contributed by atoms with Gasteiger partial charge in [0.25, 0.3) is 0 Å². The van der Waals surface area contributed by atoms with E-state index in [1.54, 1.807) is 0 Å². The van der Waals surface area contributed by atoms with Gasteiger partial charge in [-0.05, 0) is 32.6 Å². The fourth-order valence-electron chi connectivity index (χ4n) is 3.37. The monoisotopic (exact) mass is 308 g/mol. The molecule has 1 aliphatic rings. The lowest BCUT2D eigenvalue weighted by molar-refractivity contribution is 0.266. The van der Waals surface area contributed by atoms with E-state index in [2.05, 4.69) is 46.9 Å². The quantitative estimate of drug-likeness (QED) is 0.809. The average molecular weight is 309 g/mol. The lowest BCUT2D eigenvalue weighted by Crippen LogP contribution is -2.35. The Balaban J connectivity index is 2.03. The smallest absolute Gasteiger partial charge is 0.0985 e. The number of thiazole rings is 1. The summed E-state index contributed by atoms with van der Waals surface area (Å²) >= 11 is 1.90. The van der Waals surface area contributed by atoms with Crippen LogP contribution in [0.5, 0.6) is 0 Å². The van der Waals surface area contributed by atoms with Crippen LogP contribution in [0.25, 0.3) is 0 Å². The minimum Gasteiger partial charge on any atom is -0.307 e. The van der Waals surface area contributed by atoms with E-state index in [0.29, 0.717) is 12.1 Å². The molecule has 0 amide bonds. The Morgan fingerprint density at radius 3 is 2.62 bits per heavy atom. The van der Waals surface area contributed by atoms with Crippen molar-refractivity contribution < 1.29 is 0 Å². The second-order valence-electron chi connectivity index (χ2n) is 7.74. The summed E-state index contributed by atoms with van der Waals surface area (Å²) in [5.41, 5.74) is 1.37. The highest BCUT2D eigenvalue weighted by molar-refractivity contribution is 7.12. The third-order valence-corrected chi connectivity index (χ3v) is 6.48. The highest BCUT2D eigenvalue weighted by Gasteiger charge is 2.25. The third-order valence-electron chi connectivity index (χ3n) is 4.71. The molecule has 1 aromatic rings. The molecule has 2 rings (SSSR count). The van der Waals surface area contributed by atoms with Crippen molar-refractivity contribution in [2.45, 2.75) is 91.1 Å². The molecule has 3 atom stereocenters. The summed E-state index contributed by atoms with van der Waals surface area (Å²) in [4.78, 5) is 6.23. The molecule has 1 N–H and O–H groups in total. The van der Waals surface area contributed by atoms with Crippen LogP contribution in [0.2, 0.25) is 0 Å². The van der Waals surface area contributed by atoms with Crippen LogP contribution in [0, 0.1) is 12.8 Å². The summed E-state index contributed by atoms with van der Waals surface area (Å²) < 4.78 is 0. The summed E-state index contributed by atoms with van der Waals surface area (Å²) in [6, 6.07) is 1.12. The number of hydrogen-bond acceptors (Lipinski definition) is 3. The Labute approximate surface area is 134 Å². The first-order valence-electron chi connectivity index (χ1n) is 8.55. The van der Waals surface area contributed by atoms with Crippen molar-refractivity contribution in [1.29, 1.82) is 0 Å². The van der Waals surface area contributed by atoms with E-state index in [4.69, 9.17) is 4.98 Å². The average Bonchev–Trinajstić information content (AvgIpc) is 2.81. The number of aromatic nitrogens is 1. The van der Waals surface area contributed by atoms with Gasteiger partial charge < -0.3 is 5.32 Å². The van der Waals surface area contributed by atoms with E-state index >= 15 is 0 Å². The van der Waals surface area contributed by atoms with Crippen molar-refractivity contribution in [1.82, 2.24) is 10.3 Å². The van der Waals surface area contributed by atoms with Crippen LogP contribution < -0.4 is 5.32 Å². The number of rotatable bonds is 4. The molecule has 3 heteroatoms. The number of nitrogens with one attached hydrogen (secondary N) is 1. The first kappa shape index (κ1) is 17.0. The van der Waals surface area contributed by atoms with Gasteiger partial charge in [-0.2, -0.15) is 0 Å². The highest BCUT2D eigenvalue weighted by Crippen LogP contribution is 2.34. The van der Waals surface area contributed by atoms with Gasteiger partial charge in [0, 0.05) is 22.4 Å². The fraction of sp³-hybridized carbons (Fsp3) is 0.833. The molecule has 120 valence electrons. The van der Waals surface area contributed by atoms with Crippen molar-refractivity contribution in [3.05, 3.63) is 15.6 Å². The van der Waals surface area contributed by atoms with Crippen LogP contribution >= 0.6 is 11.3 Å². The van der Waals surface area contributed by atoms with E-state index in [-0.39, 0.29) is 5.41 Å². The maximum absolute atomic E-state index is 4.81. The normalized spacial score (nSPS) is 25.0. The molecule has 1 fully saturated rings. The Morgan fingerprint density at radius 2 is 2.05 bits per heavy atom. The molecule has 0 radical (unpaired) electrons. The topological polar surface area (TPSA) is 24.9 Å². The zero-order chi connectivity index (χ0) is 15.6. The third kappa shape index (κ3) is 4.29. The molecule has 21 heavy (non-hydrogen) atoms. The molecule has 3 unspecified atom stereocenters. The molecule has 1 aliphatic carbocycles. The molecule has 2 nitrogen and oxygen atoms in total. The van der Waals surface area contributed by atoms with Crippen molar-refractivity contribution in [3.8, 4) is 0 Å². The maximum Gasteiger partial charge on any atom is 0.0985 e.